The van der Waals surface area contributed by atoms with E-state index in [2.05, 4.69) is 4.72 Å². The van der Waals surface area contributed by atoms with Crippen LogP contribution in [0, 0.1) is 0 Å². The fourth-order valence-electron chi connectivity index (χ4n) is 0.993. The number of amides is 1. The number of carbonyl (C=O) groups is 1. The van der Waals surface area contributed by atoms with Gasteiger partial charge in [0.15, 0.2) is 0 Å². The van der Waals surface area contributed by atoms with Crippen LogP contribution >= 0.6 is 0 Å². The topological polar surface area (TPSA) is 89.3 Å². The summed E-state index contributed by atoms with van der Waals surface area (Å²) < 4.78 is 24.7. The number of hydrogen-bond donors (Lipinski definition) is 2. The molecule has 0 atom stereocenters. The van der Waals surface area contributed by atoms with Gasteiger partial charge in [-0.2, -0.15) is 0 Å². The van der Waals surface area contributed by atoms with E-state index in [1.807, 2.05) is 6.92 Å². The Labute approximate surface area is 85.1 Å². The molecule has 0 rings (SSSR count). The molecule has 0 aromatic carbocycles. The normalized spacial score (nSPS) is 11.5. The van der Waals surface area contributed by atoms with Gasteiger partial charge in [0.25, 0.3) is 0 Å². The van der Waals surface area contributed by atoms with E-state index in [-0.39, 0.29) is 11.7 Å². The minimum Gasteiger partial charge on any atom is -0.370 e. The molecule has 0 aliphatic carbocycles. The molecule has 0 bridgehead atoms. The minimum absolute atomic E-state index is 0.156. The van der Waals surface area contributed by atoms with Crippen LogP contribution in [-0.2, 0) is 14.8 Å². The Morgan fingerprint density at radius 1 is 1.36 bits per heavy atom. The van der Waals surface area contributed by atoms with Gasteiger partial charge >= 0.3 is 0 Å². The lowest BCUT2D eigenvalue weighted by molar-refractivity contribution is -0.118. The lowest BCUT2D eigenvalue weighted by Gasteiger charge is -2.04. The summed E-state index contributed by atoms with van der Waals surface area (Å²) in [5.41, 5.74) is 4.93. The summed E-state index contributed by atoms with van der Waals surface area (Å²) in [6.45, 7) is 2.20. The average Bonchev–Trinajstić information content (AvgIpc) is 2.02. The molecule has 0 aliphatic heterocycles. The molecule has 3 N–H and O–H groups in total. The Morgan fingerprint density at radius 3 is 2.50 bits per heavy atom. The van der Waals surface area contributed by atoms with Crippen LogP contribution in [0.1, 0.15) is 32.6 Å². The van der Waals surface area contributed by atoms with Gasteiger partial charge in [0.05, 0.1) is 5.75 Å². The van der Waals surface area contributed by atoms with Crippen molar-refractivity contribution in [2.75, 3.05) is 12.3 Å². The molecule has 0 unspecified atom stereocenters. The van der Waals surface area contributed by atoms with Gasteiger partial charge in [-0.05, 0) is 19.3 Å². The number of carbonyl (C=O) groups excluding carboxylic acids is 1. The molecule has 0 radical (unpaired) electrons. The predicted octanol–water partition coefficient (Wildman–Crippen LogP) is -0.0286. The molecule has 14 heavy (non-hydrogen) atoms. The molecule has 5 nitrogen and oxygen atoms in total. The summed E-state index contributed by atoms with van der Waals surface area (Å²) in [5.74, 6) is -0.190. The van der Waals surface area contributed by atoms with Crippen molar-refractivity contribution < 1.29 is 13.2 Å². The average molecular weight is 222 g/mol. The van der Waals surface area contributed by atoms with Crippen LogP contribution < -0.4 is 10.5 Å². The van der Waals surface area contributed by atoms with Crippen LogP contribution in [0.3, 0.4) is 0 Å². The van der Waals surface area contributed by atoms with Crippen LogP contribution in [0.5, 0.6) is 0 Å². The molecule has 84 valence electrons. The first kappa shape index (κ1) is 13.4. The molecule has 1 amide bonds. The summed E-state index contributed by atoms with van der Waals surface area (Å²) in [6, 6.07) is 0. The summed E-state index contributed by atoms with van der Waals surface area (Å²) in [6.07, 6.45) is 2.20. The van der Waals surface area contributed by atoms with E-state index < -0.39 is 10.0 Å². The van der Waals surface area contributed by atoms with Crippen molar-refractivity contribution in [1.29, 1.82) is 0 Å². The fraction of sp³-hybridized carbons (Fsp3) is 0.875. The molecule has 0 heterocycles. The van der Waals surface area contributed by atoms with Crippen molar-refractivity contribution in [3.63, 3.8) is 0 Å². The van der Waals surface area contributed by atoms with E-state index in [4.69, 9.17) is 5.73 Å². The van der Waals surface area contributed by atoms with Crippen LogP contribution in [-0.4, -0.2) is 26.6 Å². The summed E-state index contributed by atoms with van der Waals surface area (Å²) in [5, 5.41) is 0. The fourth-order valence-corrected chi connectivity index (χ4v) is 2.13. The Kier molecular flexibility index (Phi) is 6.48. The summed E-state index contributed by atoms with van der Waals surface area (Å²) >= 11 is 0. The highest BCUT2D eigenvalue weighted by atomic mass is 32.2. The zero-order valence-electron chi connectivity index (χ0n) is 8.45. The maximum absolute atomic E-state index is 11.1. The maximum Gasteiger partial charge on any atom is 0.217 e. The summed E-state index contributed by atoms with van der Waals surface area (Å²) in [4.78, 5) is 10.3. The largest absolute Gasteiger partial charge is 0.370 e. The highest BCUT2D eigenvalue weighted by Gasteiger charge is 2.06. The highest BCUT2D eigenvalue weighted by molar-refractivity contribution is 7.89. The molecular weight excluding hydrogens is 204 g/mol. The van der Waals surface area contributed by atoms with Gasteiger partial charge in [0.1, 0.15) is 0 Å². The van der Waals surface area contributed by atoms with Crippen molar-refractivity contribution in [1.82, 2.24) is 4.72 Å². The molecule has 0 aromatic rings. The Bertz CT molecular complexity index is 262. The van der Waals surface area contributed by atoms with E-state index in [1.165, 1.54) is 0 Å². The Balaban J connectivity index is 3.49. The van der Waals surface area contributed by atoms with Crippen molar-refractivity contribution in [3.05, 3.63) is 0 Å². The van der Waals surface area contributed by atoms with Gasteiger partial charge < -0.3 is 5.73 Å². The molecule has 0 aliphatic rings. The third-order valence-corrected chi connectivity index (χ3v) is 3.23. The molecule has 0 saturated heterocycles. The van der Waals surface area contributed by atoms with Crippen molar-refractivity contribution in [3.8, 4) is 0 Å². The first-order chi connectivity index (χ1) is 6.48. The molecule has 6 heteroatoms. The van der Waals surface area contributed by atoms with Gasteiger partial charge in [-0.1, -0.05) is 6.92 Å². The van der Waals surface area contributed by atoms with Gasteiger partial charge in [0.2, 0.25) is 15.9 Å². The van der Waals surface area contributed by atoms with Crippen LogP contribution in [0.2, 0.25) is 0 Å². The van der Waals surface area contributed by atoms with Crippen molar-refractivity contribution >= 4 is 15.9 Å². The van der Waals surface area contributed by atoms with Gasteiger partial charge in [-0.3, -0.25) is 4.79 Å². The number of nitrogens with one attached hydrogen (secondary N) is 1. The molecular formula is C8H18N2O3S. The lowest BCUT2D eigenvalue weighted by atomic mass is 10.2. The molecule has 0 fully saturated rings. The number of rotatable bonds is 8. The third-order valence-electron chi connectivity index (χ3n) is 1.64. The maximum atomic E-state index is 11.1. The third kappa shape index (κ3) is 8.00. The van der Waals surface area contributed by atoms with Crippen LogP contribution in [0.4, 0.5) is 0 Å². The number of sulfonamides is 1. The second kappa shape index (κ2) is 6.78. The van der Waals surface area contributed by atoms with E-state index in [0.29, 0.717) is 32.2 Å². The lowest BCUT2D eigenvalue weighted by Crippen LogP contribution is -2.27. The van der Waals surface area contributed by atoms with E-state index in [1.54, 1.807) is 0 Å². The Hall–Kier alpha value is -0.620. The Morgan fingerprint density at radius 2 is 2.00 bits per heavy atom. The number of unbranched alkanes of at least 4 members (excludes halogenated alkanes) is 1. The minimum atomic E-state index is -3.10. The van der Waals surface area contributed by atoms with Crippen LogP contribution in [0.25, 0.3) is 0 Å². The van der Waals surface area contributed by atoms with Crippen molar-refractivity contribution in [2.24, 2.45) is 5.73 Å². The predicted molar refractivity (Wildman–Crippen MR) is 55.1 cm³/mol. The van der Waals surface area contributed by atoms with E-state index in [9.17, 15) is 13.2 Å². The van der Waals surface area contributed by atoms with Gasteiger partial charge in [-0.25, -0.2) is 13.1 Å². The van der Waals surface area contributed by atoms with Crippen molar-refractivity contribution in [2.45, 2.75) is 32.6 Å². The smallest absolute Gasteiger partial charge is 0.217 e. The highest BCUT2D eigenvalue weighted by Crippen LogP contribution is 1.94. The zero-order chi connectivity index (χ0) is 11.0. The zero-order valence-corrected chi connectivity index (χ0v) is 9.27. The van der Waals surface area contributed by atoms with Gasteiger partial charge in [0, 0.05) is 13.0 Å². The van der Waals surface area contributed by atoms with Gasteiger partial charge in [-0.15, -0.1) is 0 Å². The summed E-state index contributed by atoms with van der Waals surface area (Å²) in [7, 11) is -3.10. The molecule has 0 saturated carbocycles. The second-order valence-corrected chi connectivity index (χ2v) is 5.06. The SMILES string of the molecule is CCCS(=O)(=O)NCCCCC(N)=O. The number of hydrogen-bond acceptors (Lipinski definition) is 3. The monoisotopic (exact) mass is 222 g/mol. The van der Waals surface area contributed by atoms with E-state index in [0.717, 1.165) is 0 Å². The van der Waals surface area contributed by atoms with E-state index >= 15 is 0 Å². The molecule has 0 aromatic heterocycles. The number of nitrogens with two attached hydrogens (primary N) is 1. The number of primary amides is 1. The quantitative estimate of drug-likeness (QED) is 0.565. The standard InChI is InChI=1S/C8H18N2O3S/c1-2-7-14(12,13)10-6-4-3-5-8(9)11/h10H,2-7H2,1H3,(H2,9,11). The molecule has 0 spiro atoms. The first-order valence-electron chi connectivity index (χ1n) is 4.73. The second-order valence-electron chi connectivity index (χ2n) is 3.14. The van der Waals surface area contributed by atoms with Crippen LogP contribution in [0.15, 0.2) is 0 Å². The first-order valence-corrected chi connectivity index (χ1v) is 6.39.